The molecule has 0 aliphatic carbocycles. The van der Waals surface area contributed by atoms with E-state index >= 15 is 0 Å². The monoisotopic (exact) mass is 351 g/mol. The van der Waals surface area contributed by atoms with E-state index in [-0.39, 0.29) is 99.3 Å². The second-order valence-electron chi connectivity index (χ2n) is 0. The summed E-state index contributed by atoms with van der Waals surface area (Å²) in [5.74, 6) is 0. The summed E-state index contributed by atoms with van der Waals surface area (Å²) in [7, 11) is 0. The van der Waals surface area contributed by atoms with Gasteiger partial charge in [0.05, 0.1) is 0 Å². The van der Waals surface area contributed by atoms with E-state index in [0.717, 1.165) is 0 Å². The zero-order valence-electron chi connectivity index (χ0n) is 3.08. The van der Waals surface area contributed by atoms with Crippen LogP contribution in [-0.2, 0) is 0 Å². The van der Waals surface area contributed by atoms with Crippen LogP contribution >= 0.6 is 0 Å². The van der Waals surface area contributed by atoms with E-state index in [1.807, 2.05) is 0 Å². The summed E-state index contributed by atoms with van der Waals surface area (Å²) >= 11 is 0. The summed E-state index contributed by atoms with van der Waals surface area (Å²) in [4.78, 5) is 0. The van der Waals surface area contributed by atoms with E-state index in [0.29, 0.717) is 0 Å². The average molecular weight is 351 g/mol. The SMILES string of the molecule is O.O.O.O.[Ce].[La]. The molecule has 0 spiro atoms. The van der Waals surface area contributed by atoms with Crippen LogP contribution in [0.2, 0.25) is 0 Å². The van der Waals surface area contributed by atoms with Gasteiger partial charge in [-0.2, -0.15) is 0 Å². The third kappa shape index (κ3) is 32.3. The second kappa shape index (κ2) is 52.4. The van der Waals surface area contributed by atoms with Crippen LogP contribution in [0.25, 0.3) is 0 Å². The van der Waals surface area contributed by atoms with Crippen molar-refractivity contribution in [2.75, 3.05) is 0 Å². The molecule has 0 unspecified atom stereocenters. The fraction of sp³-hybridized carbons (Fsp3) is 0. The molecule has 0 aliphatic heterocycles. The van der Waals surface area contributed by atoms with Crippen LogP contribution in [0.3, 0.4) is 0 Å². The molecule has 0 amide bonds. The Morgan fingerprint density at radius 3 is 0.500 bits per heavy atom. The Balaban J connectivity index is 0. The van der Waals surface area contributed by atoms with Crippen molar-refractivity contribution >= 4 is 0 Å². The molecule has 39 valence electrons. The Kier molecular flexibility index (Phi) is 694. The van der Waals surface area contributed by atoms with E-state index in [9.17, 15) is 0 Å². The Morgan fingerprint density at radius 1 is 0.500 bits per heavy atom. The maximum absolute atomic E-state index is 0. The molecule has 1 radical (unpaired) electrons. The molecule has 0 saturated carbocycles. The van der Waals surface area contributed by atoms with Gasteiger partial charge in [-0.25, -0.2) is 0 Å². The van der Waals surface area contributed by atoms with Crippen molar-refractivity contribution < 1.29 is 99.3 Å². The smallest absolute Gasteiger partial charge is 0 e. The molecule has 6 heteroatoms. The van der Waals surface area contributed by atoms with Gasteiger partial charge in [-0.05, 0) is 0 Å². The van der Waals surface area contributed by atoms with Crippen LogP contribution in [0.5, 0.6) is 0 Å². The molecule has 0 rings (SSSR count). The Hall–Kier alpha value is 2.41. The number of hydrogen-bond donors (Lipinski definition) is 0. The van der Waals surface area contributed by atoms with Crippen molar-refractivity contribution in [3.8, 4) is 0 Å². The molecule has 0 heterocycles. The number of rotatable bonds is 0. The third-order valence-electron chi connectivity index (χ3n) is 0. The first-order valence-electron chi connectivity index (χ1n) is 0. The Morgan fingerprint density at radius 2 is 0.500 bits per heavy atom. The van der Waals surface area contributed by atoms with Gasteiger partial charge >= 0.3 is 0 Å². The van der Waals surface area contributed by atoms with Crippen molar-refractivity contribution in [1.29, 1.82) is 0 Å². The topological polar surface area (TPSA) is 126 Å². The minimum absolute atomic E-state index is 0. The molecule has 0 atom stereocenters. The summed E-state index contributed by atoms with van der Waals surface area (Å²) in [6.45, 7) is 0. The first-order chi connectivity index (χ1) is 0. The van der Waals surface area contributed by atoms with E-state index < -0.39 is 0 Å². The van der Waals surface area contributed by atoms with Crippen LogP contribution in [0.15, 0.2) is 0 Å². The predicted octanol–water partition coefficient (Wildman–Crippen LogP) is -3.30. The molecule has 4 nitrogen and oxygen atoms in total. The first kappa shape index (κ1) is 79.5. The van der Waals surface area contributed by atoms with Crippen LogP contribution in [0.4, 0.5) is 0 Å². The molecule has 0 aromatic rings. The van der Waals surface area contributed by atoms with Gasteiger partial charge in [0.1, 0.15) is 0 Å². The quantitative estimate of drug-likeness (QED) is 0.434. The standard InChI is InChI=1S/Ce.La.4H2O/h;;4*1H2. The molecule has 8 N–H and O–H groups in total. The molecule has 0 fully saturated rings. The zero-order valence-corrected chi connectivity index (χ0v) is 9.84. The molecule has 0 aromatic heterocycles. The molecule has 0 aromatic carbocycles. The van der Waals surface area contributed by atoms with E-state index in [4.69, 9.17) is 0 Å². The van der Waals surface area contributed by atoms with Crippen molar-refractivity contribution in [1.82, 2.24) is 0 Å². The van der Waals surface area contributed by atoms with Gasteiger partial charge in [0, 0.05) is 77.3 Å². The molecular formula is H8CeLaO4. The summed E-state index contributed by atoms with van der Waals surface area (Å²) < 4.78 is 0. The molecule has 0 saturated heterocycles. The van der Waals surface area contributed by atoms with Gasteiger partial charge < -0.3 is 21.9 Å². The summed E-state index contributed by atoms with van der Waals surface area (Å²) in [6.07, 6.45) is 0. The van der Waals surface area contributed by atoms with Gasteiger partial charge in [-0.1, -0.05) is 0 Å². The predicted molar refractivity (Wildman–Crippen MR) is 14.5 cm³/mol. The van der Waals surface area contributed by atoms with E-state index in [1.54, 1.807) is 0 Å². The zero-order chi connectivity index (χ0) is 0. The van der Waals surface area contributed by atoms with Gasteiger partial charge in [0.15, 0.2) is 0 Å². The van der Waals surface area contributed by atoms with Crippen molar-refractivity contribution in [2.45, 2.75) is 0 Å². The number of hydrogen-bond acceptors (Lipinski definition) is 0. The molecular weight excluding hydrogens is 343 g/mol. The fourth-order valence-corrected chi connectivity index (χ4v) is 0. The van der Waals surface area contributed by atoms with Crippen molar-refractivity contribution in [3.05, 3.63) is 0 Å². The molecule has 0 aliphatic rings. The van der Waals surface area contributed by atoms with Crippen LogP contribution in [0.1, 0.15) is 0 Å². The van der Waals surface area contributed by atoms with E-state index in [2.05, 4.69) is 0 Å². The van der Waals surface area contributed by atoms with Crippen molar-refractivity contribution in [2.24, 2.45) is 0 Å². The molecule has 0 bridgehead atoms. The Labute approximate surface area is 97.3 Å². The second-order valence-corrected chi connectivity index (χ2v) is 0. The summed E-state index contributed by atoms with van der Waals surface area (Å²) in [5.41, 5.74) is 0. The summed E-state index contributed by atoms with van der Waals surface area (Å²) in [6, 6.07) is 0. The van der Waals surface area contributed by atoms with Crippen LogP contribution in [-0.4, -0.2) is 21.9 Å². The Bertz CT molecular complexity index is 7.51. The maximum atomic E-state index is 0. The van der Waals surface area contributed by atoms with Crippen molar-refractivity contribution in [3.63, 3.8) is 0 Å². The van der Waals surface area contributed by atoms with E-state index in [1.165, 1.54) is 0 Å². The normalized spacial score (nSPS) is 0. The van der Waals surface area contributed by atoms with Gasteiger partial charge in [0.25, 0.3) is 0 Å². The van der Waals surface area contributed by atoms with Crippen LogP contribution in [0, 0.1) is 77.3 Å². The minimum atomic E-state index is 0. The van der Waals surface area contributed by atoms with Gasteiger partial charge in [-0.15, -0.1) is 0 Å². The maximum Gasteiger partial charge on any atom is 0 e. The average Bonchev–Trinajstić information content (AvgIpc) is 0. The largest absolute Gasteiger partial charge is 0.412 e. The first-order valence-corrected chi connectivity index (χ1v) is 0. The molecule has 6 heavy (non-hydrogen) atoms. The summed E-state index contributed by atoms with van der Waals surface area (Å²) in [5, 5.41) is 0. The van der Waals surface area contributed by atoms with Gasteiger partial charge in [-0.3, -0.25) is 0 Å². The van der Waals surface area contributed by atoms with Gasteiger partial charge in [0.2, 0.25) is 0 Å². The van der Waals surface area contributed by atoms with Crippen LogP contribution < -0.4 is 0 Å². The fourth-order valence-electron chi connectivity index (χ4n) is 0. The third-order valence-corrected chi connectivity index (χ3v) is 0. The minimum Gasteiger partial charge on any atom is -0.412 e.